The maximum atomic E-state index is 12.4. The van der Waals surface area contributed by atoms with Crippen molar-refractivity contribution >= 4 is 34.3 Å². The van der Waals surface area contributed by atoms with E-state index in [4.69, 9.17) is 0 Å². The minimum absolute atomic E-state index is 0.123. The monoisotopic (exact) mass is 329 g/mol. The van der Waals surface area contributed by atoms with E-state index in [1.807, 2.05) is 54.6 Å². The predicted molar refractivity (Wildman–Crippen MR) is 99.6 cm³/mol. The third kappa shape index (κ3) is 2.46. The van der Waals surface area contributed by atoms with E-state index in [1.165, 1.54) is 6.21 Å². The zero-order valence-electron chi connectivity index (χ0n) is 13.5. The first-order valence-electron chi connectivity index (χ1n) is 7.86. The Morgan fingerprint density at radius 3 is 2.64 bits per heavy atom. The van der Waals surface area contributed by atoms with E-state index in [2.05, 4.69) is 10.2 Å². The third-order valence-corrected chi connectivity index (χ3v) is 4.32. The number of nitrogens with zero attached hydrogens (tertiary/aromatic N) is 3. The lowest BCUT2D eigenvalue weighted by Crippen LogP contribution is -2.25. The highest BCUT2D eigenvalue weighted by Gasteiger charge is 2.30. The molecule has 0 saturated heterocycles. The molecular formula is C20H15N3O2. The van der Waals surface area contributed by atoms with Crippen LogP contribution in [0.2, 0.25) is 0 Å². The van der Waals surface area contributed by atoms with E-state index in [0.717, 1.165) is 22.0 Å². The average Bonchev–Trinajstić information content (AvgIpc) is 2.88. The van der Waals surface area contributed by atoms with E-state index >= 15 is 0 Å². The number of carbonyl (C=O) groups is 1. The average molecular weight is 329 g/mol. The first kappa shape index (κ1) is 15.1. The van der Waals surface area contributed by atoms with Gasteiger partial charge in [-0.2, -0.15) is 5.10 Å². The molecule has 5 nitrogen and oxygen atoms in total. The lowest BCUT2D eigenvalue weighted by molar-refractivity contribution is -0.111. The van der Waals surface area contributed by atoms with Gasteiger partial charge in [0.2, 0.25) is 0 Å². The molecule has 1 amide bonds. The standard InChI is InChI=1S/C20H15N3O2/c1-23-17-9-5-4-8-15(17)19(20(23)25)22-21-12-16-14-7-3-2-6-13(14)10-11-18(16)24/h2-12,24H,1H3/b21-12+,22-19+. The molecular weight excluding hydrogens is 314 g/mol. The van der Waals surface area contributed by atoms with Crippen molar-refractivity contribution in [1.29, 1.82) is 0 Å². The number of phenols is 1. The molecule has 0 fully saturated rings. The maximum absolute atomic E-state index is 12.4. The number of rotatable bonds is 2. The Morgan fingerprint density at radius 1 is 1.00 bits per heavy atom. The van der Waals surface area contributed by atoms with Crippen LogP contribution in [0.4, 0.5) is 5.69 Å². The van der Waals surface area contributed by atoms with Crippen LogP contribution in [-0.4, -0.2) is 30.0 Å². The van der Waals surface area contributed by atoms with Gasteiger partial charge in [-0.3, -0.25) is 4.79 Å². The van der Waals surface area contributed by atoms with E-state index < -0.39 is 0 Å². The van der Waals surface area contributed by atoms with Gasteiger partial charge in [0, 0.05) is 18.2 Å². The molecule has 4 rings (SSSR count). The summed E-state index contributed by atoms with van der Waals surface area (Å²) in [7, 11) is 1.71. The highest BCUT2D eigenvalue weighted by atomic mass is 16.3. The van der Waals surface area contributed by atoms with Crippen LogP contribution in [0.1, 0.15) is 11.1 Å². The largest absolute Gasteiger partial charge is 0.507 e. The van der Waals surface area contributed by atoms with Gasteiger partial charge in [-0.05, 0) is 22.9 Å². The summed E-state index contributed by atoms with van der Waals surface area (Å²) in [4.78, 5) is 13.9. The molecule has 1 N–H and O–H groups in total. The van der Waals surface area contributed by atoms with Gasteiger partial charge in [0.1, 0.15) is 5.75 Å². The second kappa shape index (κ2) is 5.87. The van der Waals surface area contributed by atoms with Gasteiger partial charge in [-0.1, -0.05) is 48.5 Å². The summed E-state index contributed by atoms with van der Waals surface area (Å²) in [5.74, 6) is -0.0709. The topological polar surface area (TPSA) is 65.3 Å². The number of hydrogen-bond acceptors (Lipinski definition) is 4. The second-order valence-corrected chi connectivity index (χ2v) is 5.79. The van der Waals surface area contributed by atoms with Gasteiger partial charge in [0.15, 0.2) is 5.71 Å². The smallest absolute Gasteiger partial charge is 0.279 e. The van der Waals surface area contributed by atoms with E-state index in [-0.39, 0.29) is 11.7 Å². The number of amides is 1. The summed E-state index contributed by atoms with van der Waals surface area (Å²) in [5, 5.41) is 20.2. The summed E-state index contributed by atoms with van der Waals surface area (Å²) in [6, 6.07) is 18.6. The van der Waals surface area contributed by atoms with Crippen LogP contribution >= 0.6 is 0 Å². The number of para-hydroxylation sites is 1. The molecule has 3 aromatic carbocycles. The molecule has 25 heavy (non-hydrogen) atoms. The van der Waals surface area contributed by atoms with Crippen molar-refractivity contribution in [2.75, 3.05) is 11.9 Å². The van der Waals surface area contributed by atoms with Gasteiger partial charge in [-0.15, -0.1) is 5.10 Å². The van der Waals surface area contributed by atoms with Crippen LogP contribution < -0.4 is 4.90 Å². The lowest BCUT2D eigenvalue weighted by atomic mass is 10.0. The molecule has 0 aromatic heterocycles. The van der Waals surface area contributed by atoms with Crippen molar-refractivity contribution in [3.8, 4) is 5.75 Å². The van der Waals surface area contributed by atoms with Crippen LogP contribution in [0.5, 0.6) is 5.75 Å². The van der Waals surface area contributed by atoms with Crippen LogP contribution in [0.15, 0.2) is 70.9 Å². The molecule has 3 aromatic rings. The molecule has 5 heteroatoms. The lowest BCUT2D eigenvalue weighted by Gasteiger charge is -2.07. The molecule has 0 atom stereocenters. The first-order valence-corrected chi connectivity index (χ1v) is 7.86. The quantitative estimate of drug-likeness (QED) is 0.579. The minimum Gasteiger partial charge on any atom is -0.507 e. The molecule has 1 aliphatic heterocycles. The second-order valence-electron chi connectivity index (χ2n) is 5.79. The van der Waals surface area contributed by atoms with Crippen molar-refractivity contribution in [3.63, 3.8) is 0 Å². The predicted octanol–water partition coefficient (Wildman–Crippen LogP) is 3.35. The van der Waals surface area contributed by atoms with Gasteiger partial charge in [0.05, 0.1) is 11.9 Å². The van der Waals surface area contributed by atoms with Crippen LogP contribution in [-0.2, 0) is 4.79 Å². The Bertz CT molecular complexity index is 1050. The van der Waals surface area contributed by atoms with Crippen LogP contribution in [0.3, 0.4) is 0 Å². The van der Waals surface area contributed by atoms with Crippen molar-refractivity contribution in [2.45, 2.75) is 0 Å². The number of benzene rings is 3. The summed E-state index contributed by atoms with van der Waals surface area (Å²) < 4.78 is 0. The highest BCUT2D eigenvalue weighted by Crippen LogP contribution is 2.28. The Kier molecular flexibility index (Phi) is 3.54. The fraction of sp³-hybridized carbons (Fsp3) is 0.0500. The number of hydrogen-bond donors (Lipinski definition) is 1. The normalized spacial score (nSPS) is 15.5. The Balaban J connectivity index is 1.76. The van der Waals surface area contributed by atoms with Crippen molar-refractivity contribution in [3.05, 3.63) is 71.8 Å². The number of likely N-dealkylation sites (N-methyl/N-ethyl adjacent to an activating group) is 1. The fourth-order valence-corrected chi connectivity index (χ4v) is 3.01. The van der Waals surface area contributed by atoms with Gasteiger partial charge in [0.25, 0.3) is 5.91 Å². The number of anilines is 1. The van der Waals surface area contributed by atoms with Crippen molar-refractivity contribution < 1.29 is 9.90 Å². The van der Waals surface area contributed by atoms with Crippen molar-refractivity contribution in [1.82, 2.24) is 0 Å². The summed E-state index contributed by atoms with van der Waals surface area (Å²) in [6.45, 7) is 0. The summed E-state index contributed by atoms with van der Waals surface area (Å²) in [5.41, 5.74) is 2.45. The molecule has 0 bridgehead atoms. The van der Waals surface area contributed by atoms with Crippen LogP contribution in [0.25, 0.3) is 10.8 Å². The highest BCUT2D eigenvalue weighted by molar-refractivity contribution is 6.54. The summed E-state index contributed by atoms with van der Waals surface area (Å²) in [6.07, 6.45) is 1.48. The number of aromatic hydroxyl groups is 1. The van der Waals surface area contributed by atoms with Crippen LogP contribution in [0, 0.1) is 0 Å². The zero-order valence-corrected chi connectivity index (χ0v) is 13.5. The third-order valence-electron chi connectivity index (χ3n) is 4.32. The SMILES string of the molecule is CN1C(=O)/C(=N/N=C/c2c(O)ccc3ccccc23)c2ccccc21. The number of phenolic OH excluding ortho intramolecular Hbond substituents is 1. The zero-order chi connectivity index (χ0) is 17.4. The van der Waals surface area contributed by atoms with E-state index in [9.17, 15) is 9.90 Å². The van der Waals surface area contributed by atoms with Crippen molar-refractivity contribution in [2.24, 2.45) is 10.2 Å². The Morgan fingerprint density at radius 2 is 1.76 bits per heavy atom. The molecule has 0 unspecified atom stereocenters. The molecule has 1 aliphatic rings. The van der Waals surface area contributed by atoms with E-state index in [1.54, 1.807) is 18.0 Å². The fourth-order valence-electron chi connectivity index (χ4n) is 3.01. The van der Waals surface area contributed by atoms with Gasteiger partial charge < -0.3 is 10.0 Å². The maximum Gasteiger partial charge on any atom is 0.279 e. The Labute approximate surface area is 144 Å². The molecule has 0 saturated carbocycles. The molecule has 0 radical (unpaired) electrons. The number of fused-ring (bicyclic) bond motifs is 2. The molecule has 122 valence electrons. The summed E-state index contributed by atoms with van der Waals surface area (Å²) >= 11 is 0. The van der Waals surface area contributed by atoms with Gasteiger partial charge >= 0.3 is 0 Å². The number of carbonyl (C=O) groups excluding carboxylic acids is 1. The Hall–Kier alpha value is -3.47. The first-order chi connectivity index (χ1) is 12.2. The van der Waals surface area contributed by atoms with Gasteiger partial charge in [-0.25, -0.2) is 0 Å². The molecule has 1 heterocycles. The minimum atomic E-state index is -0.194. The van der Waals surface area contributed by atoms with E-state index in [0.29, 0.717) is 11.3 Å². The molecule has 0 aliphatic carbocycles. The molecule has 0 spiro atoms.